The van der Waals surface area contributed by atoms with Crippen LogP contribution in [0, 0.1) is 0 Å². The largest absolute Gasteiger partial charge is 0.368 e. The van der Waals surface area contributed by atoms with Crippen molar-refractivity contribution >= 4 is 34.6 Å². The summed E-state index contributed by atoms with van der Waals surface area (Å²) in [5.41, 5.74) is 6.96. The Morgan fingerprint density at radius 1 is 1.34 bits per heavy atom. The topological polar surface area (TPSA) is 138 Å². The number of unbranched alkanes of at least 4 members (excludes halogenated alkanes) is 1. The van der Waals surface area contributed by atoms with Crippen LogP contribution in [0.3, 0.4) is 0 Å². The van der Waals surface area contributed by atoms with Crippen molar-refractivity contribution in [2.24, 2.45) is 0 Å². The highest BCUT2D eigenvalue weighted by atomic mass is 16.2. The van der Waals surface area contributed by atoms with Crippen molar-refractivity contribution in [1.82, 2.24) is 30.5 Å². The average Bonchev–Trinajstić information content (AvgIpc) is 3.30. The fourth-order valence-corrected chi connectivity index (χ4v) is 3.86. The number of nitrogen functional groups attached to an aromatic ring is 1. The van der Waals surface area contributed by atoms with Gasteiger partial charge in [-0.2, -0.15) is 4.98 Å². The molecule has 0 bridgehead atoms. The Labute approximate surface area is 188 Å². The number of carbonyl (C=O) groups is 2. The zero-order valence-electron chi connectivity index (χ0n) is 19.4. The van der Waals surface area contributed by atoms with Gasteiger partial charge in [0.15, 0.2) is 5.82 Å². The lowest BCUT2D eigenvalue weighted by molar-refractivity contribution is -0.123. The molecule has 0 aliphatic carbocycles. The van der Waals surface area contributed by atoms with Crippen molar-refractivity contribution in [2.75, 3.05) is 38.2 Å². The third-order valence-electron chi connectivity index (χ3n) is 5.74. The monoisotopic (exact) mass is 442 g/mol. The molecule has 0 saturated carbocycles. The highest BCUT2D eigenvalue weighted by molar-refractivity contribution is 5.98. The molecular formula is C22H34N8O2. The minimum absolute atomic E-state index is 0.0176. The second-order valence-corrected chi connectivity index (χ2v) is 8.88. The molecule has 2 aromatic rings. The number of amides is 2. The van der Waals surface area contributed by atoms with Gasteiger partial charge < -0.3 is 26.6 Å². The summed E-state index contributed by atoms with van der Waals surface area (Å²) in [5, 5.41) is 9.78. The van der Waals surface area contributed by atoms with Crippen molar-refractivity contribution in [3.63, 3.8) is 0 Å². The van der Waals surface area contributed by atoms with Crippen molar-refractivity contribution in [1.29, 1.82) is 0 Å². The van der Waals surface area contributed by atoms with Gasteiger partial charge in [0.25, 0.3) is 5.91 Å². The molecule has 2 aromatic heterocycles. The van der Waals surface area contributed by atoms with Gasteiger partial charge in [-0.3, -0.25) is 9.59 Å². The molecule has 174 valence electrons. The van der Waals surface area contributed by atoms with Crippen molar-refractivity contribution in [2.45, 2.75) is 57.5 Å². The molecule has 0 aromatic carbocycles. The minimum atomic E-state index is -0.461. The van der Waals surface area contributed by atoms with Gasteiger partial charge in [-0.1, -0.05) is 19.8 Å². The molecule has 2 atom stereocenters. The first-order chi connectivity index (χ1) is 15.2. The van der Waals surface area contributed by atoms with Gasteiger partial charge >= 0.3 is 0 Å². The summed E-state index contributed by atoms with van der Waals surface area (Å²) in [6.07, 6.45) is 6.22. The molecule has 1 fully saturated rings. The number of hydrogen-bond acceptors (Lipinski definition) is 8. The number of nitrogens with one attached hydrogen (secondary N) is 3. The van der Waals surface area contributed by atoms with Crippen LogP contribution in [0.25, 0.3) is 11.0 Å². The molecule has 2 amide bonds. The number of nitrogens with zero attached hydrogens (tertiary/aromatic N) is 4. The van der Waals surface area contributed by atoms with E-state index in [9.17, 15) is 9.59 Å². The summed E-state index contributed by atoms with van der Waals surface area (Å²) in [7, 11) is 3.37. The normalized spacial score (nSPS) is 17.7. The Morgan fingerprint density at radius 2 is 2.12 bits per heavy atom. The van der Waals surface area contributed by atoms with Crippen molar-refractivity contribution in [3.05, 3.63) is 17.8 Å². The molecule has 10 nitrogen and oxygen atoms in total. The molecule has 0 spiro atoms. The van der Waals surface area contributed by atoms with Gasteiger partial charge in [-0.25, -0.2) is 9.97 Å². The van der Waals surface area contributed by atoms with Crippen LogP contribution in [0.5, 0.6) is 0 Å². The standard InChI is InChI=1S/C22H34N8O2/c1-5-6-9-22(2,13-26-19(31)15-8-7-10-24-15)29-18-17-16(27-21(23)28-18)11-14(12-25-17)20(32)30(3)4/h11-12,15,24H,5-10,13H2,1-4H3,(H,26,31)(H3,23,27,28,29)/t15-,22?/m0/s1. The van der Waals surface area contributed by atoms with Crippen LogP contribution in [0.15, 0.2) is 12.3 Å². The second-order valence-electron chi connectivity index (χ2n) is 8.88. The Bertz CT molecular complexity index is 974. The molecule has 1 aliphatic heterocycles. The quantitative estimate of drug-likeness (QED) is 0.459. The number of nitrogens with two attached hydrogens (primary N) is 1. The summed E-state index contributed by atoms with van der Waals surface area (Å²) >= 11 is 0. The highest BCUT2D eigenvalue weighted by Gasteiger charge is 2.29. The SMILES string of the molecule is CCCCC(C)(CNC(=O)[C@@H]1CCCN1)Nc1nc(N)nc2cc(C(=O)N(C)C)cnc12. The van der Waals surface area contributed by atoms with E-state index < -0.39 is 5.54 Å². The molecule has 1 saturated heterocycles. The van der Waals surface area contributed by atoms with Gasteiger partial charge in [-0.05, 0) is 38.8 Å². The number of rotatable bonds is 9. The van der Waals surface area contributed by atoms with Crippen LogP contribution in [0.2, 0.25) is 0 Å². The van der Waals surface area contributed by atoms with Gasteiger partial charge in [0.1, 0.15) is 5.52 Å². The summed E-state index contributed by atoms with van der Waals surface area (Å²) in [6, 6.07) is 1.54. The van der Waals surface area contributed by atoms with Crippen LogP contribution < -0.4 is 21.7 Å². The molecular weight excluding hydrogens is 408 g/mol. The summed E-state index contributed by atoms with van der Waals surface area (Å²) in [5.74, 6) is 0.433. The Hall–Kier alpha value is -3.01. The maximum Gasteiger partial charge on any atom is 0.254 e. The molecule has 32 heavy (non-hydrogen) atoms. The van der Waals surface area contributed by atoms with E-state index in [-0.39, 0.29) is 23.8 Å². The number of anilines is 2. The Morgan fingerprint density at radius 3 is 2.78 bits per heavy atom. The number of hydrogen-bond donors (Lipinski definition) is 4. The van der Waals surface area contributed by atoms with Gasteiger partial charge in [0, 0.05) is 26.8 Å². The molecule has 3 rings (SSSR count). The minimum Gasteiger partial charge on any atom is -0.368 e. The van der Waals surface area contributed by atoms with E-state index in [1.165, 1.54) is 11.1 Å². The molecule has 10 heteroatoms. The lowest BCUT2D eigenvalue weighted by Crippen LogP contribution is -2.50. The number of pyridine rings is 1. The molecule has 1 unspecified atom stereocenters. The van der Waals surface area contributed by atoms with Crippen LogP contribution >= 0.6 is 0 Å². The predicted molar refractivity (Wildman–Crippen MR) is 125 cm³/mol. The fourth-order valence-electron chi connectivity index (χ4n) is 3.86. The lowest BCUT2D eigenvalue weighted by Gasteiger charge is -2.32. The third-order valence-corrected chi connectivity index (χ3v) is 5.74. The predicted octanol–water partition coefficient (Wildman–Crippen LogP) is 1.54. The zero-order valence-corrected chi connectivity index (χ0v) is 19.4. The van der Waals surface area contributed by atoms with Crippen molar-refractivity contribution in [3.8, 4) is 0 Å². The second kappa shape index (κ2) is 10.1. The van der Waals surface area contributed by atoms with E-state index in [4.69, 9.17) is 5.73 Å². The molecule has 5 N–H and O–H groups in total. The molecule has 0 radical (unpaired) electrons. The molecule has 3 heterocycles. The first-order valence-corrected chi connectivity index (χ1v) is 11.2. The van der Waals surface area contributed by atoms with Crippen LogP contribution in [0.4, 0.5) is 11.8 Å². The first kappa shape index (κ1) is 23.6. The lowest BCUT2D eigenvalue weighted by atomic mass is 9.94. The van der Waals surface area contributed by atoms with Gasteiger partial charge in [0.2, 0.25) is 11.9 Å². The summed E-state index contributed by atoms with van der Waals surface area (Å²) in [6.45, 7) is 5.50. The van der Waals surface area contributed by atoms with Crippen molar-refractivity contribution < 1.29 is 9.59 Å². The fraction of sp³-hybridized carbons (Fsp3) is 0.591. The number of aromatic nitrogens is 3. The maximum absolute atomic E-state index is 12.5. The van der Waals surface area contributed by atoms with E-state index in [1.54, 1.807) is 20.2 Å². The van der Waals surface area contributed by atoms with Gasteiger partial charge in [-0.15, -0.1) is 0 Å². The van der Waals surface area contributed by atoms with E-state index in [0.717, 1.165) is 38.6 Å². The summed E-state index contributed by atoms with van der Waals surface area (Å²) < 4.78 is 0. The van der Waals surface area contributed by atoms with Crippen LogP contribution in [-0.2, 0) is 4.79 Å². The smallest absolute Gasteiger partial charge is 0.254 e. The third kappa shape index (κ3) is 5.61. The van der Waals surface area contributed by atoms with Crippen LogP contribution in [-0.4, -0.2) is 70.4 Å². The maximum atomic E-state index is 12.5. The molecule has 1 aliphatic rings. The summed E-state index contributed by atoms with van der Waals surface area (Å²) in [4.78, 5) is 39.5. The number of carbonyl (C=O) groups excluding carboxylic acids is 2. The Kier molecular flexibility index (Phi) is 7.44. The highest BCUT2D eigenvalue weighted by Crippen LogP contribution is 2.26. The van der Waals surface area contributed by atoms with E-state index in [1.807, 2.05) is 0 Å². The van der Waals surface area contributed by atoms with E-state index in [0.29, 0.717) is 29.0 Å². The van der Waals surface area contributed by atoms with E-state index in [2.05, 4.69) is 44.7 Å². The first-order valence-electron chi connectivity index (χ1n) is 11.2. The van der Waals surface area contributed by atoms with E-state index >= 15 is 0 Å². The van der Waals surface area contributed by atoms with Gasteiger partial charge in [0.05, 0.1) is 22.7 Å². The van der Waals surface area contributed by atoms with Crippen LogP contribution in [0.1, 0.15) is 56.3 Å². The average molecular weight is 443 g/mol. The zero-order chi connectivity index (χ0) is 23.3. The Balaban J connectivity index is 1.86. The number of fused-ring (bicyclic) bond motifs is 1.